The van der Waals surface area contributed by atoms with Crippen LogP contribution in [-0.4, -0.2) is 111 Å². The number of amides is 2. The molecule has 47 heavy (non-hydrogen) atoms. The summed E-state index contributed by atoms with van der Waals surface area (Å²) in [6, 6.07) is 14.6. The number of nitrogens with zero attached hydrogens (tertiary/aromatic N) is 8. The van der Waals surface area contributed by atoms with Gasteiger partial charge in [0.2, 0.25) is 11.8 Å². The van der Waals surface area contributed by atoms with E-state index in [4.69, 9.17) is 0 Å². The highest BCUT2D eigenvalue weighted by molar-refractivity contribution is 6.02. The topological polar surface area (TPSA) is 106 Å². The van der Waals surface area contributed by atoms with Gasteiger partial charge in [-0.15, -0.1) is 0 Å². The van der Waals surface area contributed by atoms with Crippen molar-refractivity contribution in [2.45, 2.75) is 38.0 Å². The van der Waals surface area contributed by atoms with Crippen molar-refractivity contribution in [2.75, 3.05) is 64.3 Å². The second-order valence-electron chi connectivity index (χ2n) is 14.0. The van der Waals surface area contributed by atoms with E-state index in [0.717, 1.165) is 79.7 Å². The fraction of sp³-hybridized carbons (Fsp3) is 0.472. The number of aryl methyl sites for hydroxylation is 1. The number of nitrogens with one attached hydrogen (secondary N) is 1. The average Bonchev–Trinajstić information content (AvgIpc) is 3.89. The first-order chi connectivity index (χ1) is 22.8. The molecule has 2 amide bonds. The number of hydrogen-bond acceptors (Lipinski definition) is 7. The van der Waals surface area contributed by atoms with Crippen molar-refractivity contribution in [1.29, 1.82) is 0 Å². The number of benzene rings is 2. The normalized spacial score (nSPS) is 23.0. The van der Waals surface area contributed by atoms with E-state index in [1.54, 1.807) is 11.0 Å². The summed E-state index contributed by atoms with van der Waals surface area (Å²) in [6.45, 7) is 6.00. The number of piperidine rings is 1. The number of H-pyrrole nitrogens is 1. The van der Waals surface area contributed by atoms with E-state index in [9.17, 15) is 9.59 Å². The molecule has 244 valence electrons. The summed E-state index contributed by atoms with van der Waals surface area (Å²) in [5.41, 5.74) is 6.15. The third kappa shape index (κ3) is 5.65. The van der Waals surface area contributed by atoms with Gasteiger partial charge in [0, 0.05) is 61.5 Å². The predicted octanol–water partition coefficient (Wildman–Crippen LogP) is 3.91. The third-order valence-corrected chi connectivity index (χ3v) is 11.0. The van der Waals surface area contributed by atoms with Crippen LogP contribution in [0.4, 0.5) is 5.69 Å². The van der Waals surface area contributed by atoms with Gasteiger partial charge in [-0.1, -0.05) is 30.3 Å². The number of hydrogen-bond donors (Lipinski definition) is 1. The molecular weight excluding hydrogens is 590 g/mol. The molecule has 1 spiro atoms. The highest BCUT2D eigenvalue weighted by Gasteiger charge is 2.51. The molecule has 1 atom stereocenters. The van der Waals surface area contributed by atoms with E-state index in [-0.39, 0.29) is 11.8 Å². The number of likely N-dealkylation sites (tertiary alicyclic amines) is 2. The van der Waals surface area contributed by atoms with Crippen molar-refractivity contribution in [3.63, 3.8) is 0 Å². The first-order valence-corrected chi connectivity index (χ1v) is 17.0. The zero-order valence-corrected chi connectivity index (χ0v) is 27.4. The second kappa shape index (κ2) is 12.0. The van der Waals surface area contributed by atoms with Crippen LogP contribution in [0.25, 0.3) is 27.9 Å². The van der Waals surface area contributed by atoms with Crippen LogP contribution in [0.1, 0.15) is 49.3 Å². The van der Waals surface area contributed by atoms with E-state index in [0.29, 0.717) is 38.6 Å². The first-order valence-electron chi connectivity index (χ1n) is 17.0. The maximum atomic E-state index is 14.0. The van der Waals surface area contributed by atoms with Gasteiger partial charge in [-0.05, 0) is 88.1 Å². The maximum Gasteiger partial charge on any atom is 0.237 e. The van der Waals surface area contributed by atoms with Crippen molar-refractivity contribution in [2.24, 2.45) is 12.5 Å². The summed E-state index contributed by atoms with van der Waals surface area (Å²) < 4.78 is 1.70. The average molecular weight is 634 g/mol. The number of carbonyl (C=O) groups excluding carboxylic acids is 2. The van der Waals surface area contributed by atoms with Gasteiger partial charge in [0.25, 0.3) is 0 Å². The number of fused-ring (bicyclic) bond motifs is 1. The lowest BCUT2D eigenvalue weighted by Gasteiger charge is -2.29. The standard InChI is InChI=1S/C36H43N9O2/c1-41-15-9-27(10-16-41)33-30-21-29(7-8-31(30)38-39-33)45-20-14-36(35(45)47)13-19-43(23-36)22-32(46)44-17-11-26(12-18-44)25-3-5-28(6-4-25)34-37-24-42(2)40-34/h3-8,11,21,24,27H,9-10,12-20,22-23H2,1-2H3,(H,38,39). The lowest BCUT2D eigenvalue weighted by molar-refractivity contribution is -0.132. The largest absolute Gasteiger partial charge is 0.338 e. The van der Waals surface area contributed by atoms with Crippen LogP contribution in [0.3, 0.4) is 0 Å². The van der Waals surface area contributed by atoms with Crippen LogP contribution >= 0.6 is 0 Å². The van der Waals surface area contributed by atoms with Crippen LogP contribution in [0.5, 0.6) is 0 Å². The molecule has 1 N–H and O–H groups in total. The molecule has 11 heteroatoms. The van der Waals surface area contributed by atoms with Gasteiger partial charge in [0.05, 0.1) is 17.5 Å². The molecular formula is C36H43N9O2. The molecule has 4 aliphatic rings. The summed E-state index contributed by atoms with van der Waals surface area (Å²) in [5, 5.41) is 13.4. The number of aromatic nitrogens is 5. The minimum absolute atomic E-state index is 0.142. The zero-order valence-electron chi connectivity index (χ0n) is 27.4. The van der Waals surface area contributed by atoms with E-state index in [2.05, 4.69) is 73.5 Å². The molecule has 3 saturated heterocycles. The molecule has 0 radical (unpaired) electrons. The monoisotopic (exact) mass is 633 g/mol. The minimum atomic E-state index is -0.408. The summed E-state index contributed by atoms with van der Waals surface area (Å²) in [6.07, 6.45) is 8.57. The zero-order chi connectivity index (χ0) is 32.1. The molecule has 8 rings (SSSR count). The fourth-order valence-electron chi connectivity index (χ4n) is 8.09. The number of aromatic amines is 1. The Morgan fingerprint density at radius 3 is 2.51 bits per heavy atom. The van der Waals surface area contributed by atoms with Gasteiger partial charge in [0.1, 0.15) is 6.33 Å². The fourth-order valence-corrected chi connectivity index (χ4v) is 8.09. The Morgan fingerprint density at radius 2 is 1.77 bits per heavy atom. The van der Waals surface area contributed by atoms with E-state index in [1.165, 1.54) is 16.8 Å². The lowest BCUT2D eigenvalue weighted by atomic mass is 9.85. The van der Waals surface area contributed by atoms with Crippen LogP contribution in [0.2, 0.25) is 0 Å². The second-order valence-corrected chi connectivity index (χ2v) is 14.0. The molecule has 2 aromatic carbocycles. The van der Waals surface area contributed by atoms with Crippen LogP contribution in [0.15, 0.2) is 54.9 Å². The van der Waals surface area contributed by atoms with E-state index in [1.807, 2.05) is 29.0 Å². The van der Waals surface area contributed by atoms with Gasteiger partial charge >= 0.3 is 0 Å². The van der Waals surface area contributed by atoms with E-state index >= 15 is 0 Å². The quantitative estimate of drug-likeness (QED) is 0.343. The molecule has 6 heterocycles. The minimum Gasteiger partial charge on any atom is -0.338 e. The third-order valence-electron chi connectivity index (χ3n) is 11.0. The molecule has 0 aliphatic carbocycles. The maximum absolute atomic E-state index is 14.0. The van der Waals surface area contributed by atoms with Crippen LogP contribution < -0.4 is 4.90 Å². The molecule has 4 aromatic rings. The van der Waals surface area contributed by atoms with Gasteiger partial charge < -0.3 is 14.7 Å². The summed E-state index contributed by atoms with van der Waals surface area (Å²) in [5.74, 6) is 1.53. The molecule has 1 unspecified atom stereocenters. The highest BCUT2D eigenvalue weighted by atomic mass is 16.2. The van der Waals surface area contributed by atoms with E-state index < -0.39 is 5.41 Å². The Labute approximate surface area is 275 Å². The van der Waals surface area contributed by atoms with Gasteiger partial charge in [-0.2, -0.15) is 10.2 Å². The molecule has 4 aliphatic heterocycles. The molecule has 11 nitrogen and oxygen atoms in total. The van der Waals surface area contributed by atoms with Crippen LogP contribution in [0, 0.1) is 5.41 Å². The lowest BCUT2D eigenvalue weighted by Crippen LogP contribution is -2.43. The SMILES string of the molecule is CN1CCC(c2[nH]nc3ccc(N4CCC5(CCN(CC(=O)N6CC=C(c7ccc(-c8ncn(C)n8)cc7)CC6)C5)C4=O)cc23)CC1. The molecule has 0 saturated carbocycles. The van der Waals surface area contributed by atoms with Gasteiger partial charge in [-0.25, -0.2) is 4.98 Å². The first kappa shape index (κ1) is 30.0. The Balaban J connectivity index is 0.880. The van der Waals surface area contributed by atoms with Crippen molar-refractivity contribution in [1.82, 2.24) is 39.7 Å². The molecule has 3 fully saturated rings. The Bertz CT molecular complexity index is 1830. The van der Waals surface area contributed by atoms with Crippen molar-refractivity contribution >= 4 is 34.0 Å². The summed E-state index contributed by atoms with van der Waals surface area (Å²) in [4.78, 5) is 40.2. The van der Waals surface area contributed by atoms with Crippen molar-refractivity contribution in [3.05, 3.63) is 66.1 Å². The highest BCUT2D eigenvalue weighted by Crippen LogP contribution is 2.43. The molecule has 0 bridgehead atoms. The Morgan fingerprint density at radius 1 is 0.979 bits per heavy atom. The Hall–Kier alpha value is -4.35. The van der Waals surface area contributed by atoms with Crippen molar-refractivity contribution < 1.29 is 9.59 Å². The number of rotatable bonds is 6. The van der Waals surface area contributed by atoms with Gasteiger partial charge in [-0.3, -0.25) is 24.3 Å². The Kier molecular flexibility index (Phi) is 7.68. The number of anilines is 1. The van der Waals surface area contributed by atoms with Crippen molar-refractivity contribution in [3.8, 4) is 11.4 Å². The smallest absolute Gasteiger partial charge is 0.237 e. The summed E-state index contributed by atoms with van der Waals surface area (Å²) in [7, 11) is 4.04. The number of carbonyl (C=O) groups is 2. The predicted molar refractivity (Wildman–Crippen MR) is 182 cm³/mol. The van der Waals surface area contributed by atoms with Crippen LogP contribution in [-0.2, 0) is 16.6 Å². The van der Waals surface area contributed by atoms with Gasteiger partial charge in [0.15, 0.2) is 5.82 Å². The summed E-state index contributed by atoms with van der Waals surface area (Å²) >= 11 is 0. The molecule has 2 aromatic heterocycles.